The molecule has 0 bridgehead atoms. The van der Waals surface area contributed by atoms with Crippen molar-refractivity contribution >= 4 is 46.6 Å². The summed E-state index contributed by atoms with van der Waals surface area (Å²) in [5, 5.41) is 16.2. The number of thioether (sulfide) groups is 1. The van der Waals surface area contributed by atoms with Crippen molar-refractivity contribution in [3.05, 3.63) is 58.6 Å². The highest BCUT2D eigenvalue weighted by molar-refractivity contribution is 8.00. The molecule has 10 heteroatoms. The summed E-state index contributed by atoms with van der Waals surface area (Å²) in [4.78, 5) is 45.9. The Hall–Kier alpha value is -3.40. The highest BCUT2D eigenvalue weighted by Crippen LogP contribution is 2.28. The van der Waals surface area contributed by atoms with Crippen LogP contribution < -0.4 is 10.6 Å². The second-order valence-electron chi connectivity index (χ2n) is 5.89. The minimum Gasteiger partial charge on any atom is -0.452 e. The lowest BCUT2D eigenvalue weighted by Gasteiger charge is -2.14. The molecule has 0 aliphatic heterocycles. The predicted molar refractivity (Wildman–Crippen MR) is 109 cm³/mol. The van der Waals surface area contributed by atoms with E-state index in [9.17, 15) is 24.5 Å². The van der Waals surface area contributed by atoms with Crippen LogP contribution >= 0.6 is 11.8 Å². The highest BCUT2D eigenvalue weighted by atomic mass is 32.2. The number of nitrogens with one attached hydrogen (secondary N) is 2. The van der Waals surface area contributed by atoms with Gasteiger partial charge < -0.3 is 15.4 Å². The van der Waals surface area contributed by atoms with Gasteiger partial charge in [0.05, 0.1) is 15.6 Å². The molecule has 0 aliphatic rings. The smallest absolute Gasteiger partial charge is 0.317 e. The number of anilines is 2. The Morgan fingerprint density at radius 3 is 2.24 bits per heavy atom. The number of ether oxygens (including phenoxy) is 1. The Morgan fingerprint density at radius 1 is 1.07 bits per heavy atom. The quantitative estimate of drug-likeness (QED) is 0.292. The van der Waals surface area contributed by atoms with Crippen LogP contribution in [0.3, 0.4) is 0 Å². The zero-order valence-electron chi connectivity index (χ0n) is 15.7. The minimum atomic E-state index is -1.05. The molecule has 29 heavy (non-hydrogen) atoms. The van der Waals surface area contributed by atoms with Crippen molar-refractivity contribution in [1.29, 1.82) is 0 Å². The van der Waals surface area contributed by atoms with E-state index in [1.54, 1.807) is 30.3 Å². The van der Waals surface area contributed by atoms with E-state index < -0.39 is 22.9 Å². The lowest BCUT2D eigenvalue weighted by Crippen LogP contribution is -2.30. The van der Waals surface area contributed by atoms with Crippen LogP contribution in [0.4, 0.5) is 17.1 Å². The number of para-hydroxylation sites is 1. The number of carbonyl (C=O) groups excluding carboxylic acids is 3. The maximum Gasteiger partial charge on any atom is 0.317 e. The molecule has 0 fully saturated rings. The van der Waals surface area contributed by atoms with Crippen LogP contribution in [0.2, 0.25) is 0 Å². The fraction of sp³-hybridized carbons (Fsp3) is 0.211. The molecular formula is C19H19N3O6S. The number of hydrogen-bond acceptors (Lipinski definition) is 7. The van der Waals surface area contributed by atoms with Crippen molar-refractivity contribution in [2.75, 3.05) is 16.4 Å². The fourth-order valence-corrected chi connectivity index (χ4v) is 3.04. The lowest BCUT2D eigenvalue weighted by atomic mass is 10.2. The number of rotatable bonds is 8. The molecule has 2 rings (SSSR count). The summed E-state index contributed by atoms with van der Waals surface area (Å²) in [6, 6.07) is 12.5. The average Bonchev–Trinajstić information content (AvgIpc) is 2.67. The van der Waals surface area contributed by atoms with E-state index in [0.717, 1.165) is 11.8 Å². The molecule has 0 aromatic heterocycles. The molecule has 0 radical (unpaired) electrons. The van der Waals surface area contributed by atoms with Crippen molar-refractivity contribution in [2.24, 2.45) is 0 Å². The second-order valence-corrected chi connectivity index (χ2v) is 6.91. The fourth-order valence-electron chi connectivity index (χ4n) is 2.24. The first-order valence-electron chi connectivity index (χ1n) is 8.50. The van der Waals surface area contributed by atoms with Gasteiger partial charge in [-0.3, -0.25) is 24.5 Å². The maximum absolute atomic E-state index is 12.2. The van der Waals surface area contributed by atoms with Gasteiger partial charge in [-0.05, 0) is 37.3 Å². The topological polar surface area (TPSA) is 128 Å². The number of amides is 2. The van der Waals surface area contributed by atoms with Gasteiger partial charge in [0.1, 0.15) is 0 Å². The van der Waals surface area contributed by atoms with Gasteiger partial charge in [-0.1, -0.05) is 12.1 Å². The van der Waals surface area contributed by atoms with Gasteiger partial charge in [-0.15, -0.1) is 11.8 Å². The standard InChI is InChI=1S/C19H19N3O6S/c1-12(19(25)21-15-9-7-14(8-10-15)20-13(2)23)28-18(24)11-29-17-6-4-3-5-16(17)22(26)27/h3-10,12H,11H2,1-2H3,(H,20,23)(H,21,25)/t12-/m0/s1. The van der Waals surface area contributed by atoms with Crippen molar-refractivity contribution in [2.45, 2.75) is 24.8 Å². The summed E-state index contributed by atoms with van der Waals surface area (Å²) in [5.74, 6) is -1.58. The summed E-state index contributed by atoms with van der Waals surface area (Å²) in [7, 11) is 0. The van der Waals surface area contributed by atoms with Crippen molar-refractivity contribution in [3.8, 4) is 0 Å². The summed E-state index contributed by atoms with van der Waals surface area (Å²) in [5.41, 5.74) is 0.960. The van der Waals surface area contributed by atoms with Gasteiger partial charge >= 0.3 is 5.97 Å². The van der Waals surface area contributed by atoms with Crippen LogP contribution in [-0.4, -0.2) is 34.6 Å². The van der Waals surface area contributed by atoms with Gasteiger partial charge in [0.2, 0.25) is 5.91 Å². The normalized spacial score (nSPS) is 11.2. The monoisotopic (exact) mass is 417 g/mol. The van der Waals surface area contributed by atoms with E-state index >= 15 is 0 Å². The van der Waals surface area contributed by atoms with Crippen molar-refractivity contribution < 1.29 is 24.0 Å². The van der Waals surface area contributed by atoms with E-state index in [-0.39, 0.29) is 17.3 Å². The van der Waals surface area contributed by atoms with Crippen LogP contribution in [0.15, 0.2) is 53.4 Å². The third kappa shape index (κ3) is 6.92. The van der Waals surface area contributed by atoms with Crippen molar-refractivity contribution in [1.82, 2.24) is 0 Å². The molecule has 152 valence electrons. The van der Waals surface area contributed by atoms with Gasteiger partial charge in [0, 0.05) is 24.4 Å². The molecule has 2 N–H and O–H groups in total. The van der Waals surface area contributed by atoms with Gasteiger partial charge in [-0.2, -0.15) is 0 Å². The van der Waals surface area contributed by atoms with Gasteiger partial charge in [0.15, 0.2) is 6.10 Å². The molecule has 0 saturated carbocycles. The van der Waals surface area contributed by atoms with Crippen LogP contribution in [0, 0.1) is 10.1 Å². The van der Waals surface area contributed by atoms with Crippen LogP contribution in [-0.2, 0) is 19.1 Å². The molecule has 1 atom stereocenters. The van der Waals surface area contributed by atoms with Crippen molar-refractivity contribution in [3.63, 3.8) is 0 Å². The Labute approximate surface area is 171 Å². The second kappa shape index (κ2) is 10.2. The summed E-state index contributed by atoms with van der Waals surface area (Å²) in [6.07, 6.45) is -1.05. The summed E-state index contributed by atoms with van der Waals surface area (Å²) < 4.78 is 5.08. The molecule has 2 aromatic carbocycles. The molecule has 0 aliphatic carbocycles. The van der Waals surface area contributed by atoms with Crippen LogP contribution in [0.25, 0.3) is 0 Å². The Balaban J connectivity index is 1.85. The SMILES string of the molecule is CC(=O)Nc1ccc(NC(=O)[C@H](C)OC(=O)CSc2ccccc2[N+](=O)[O-])cc1. The molecule has 2 aromatic rings. The maximum atomic E-state index is 12.2. The lowest BCUT2D eigenvalue weighted by molar-refractivity contribution is -0.387. The molecule has 9 nitrogen and oxygen atoms in total. The minimum absolute atomic E-state index is 0.0983. The van der Waals surface area contributed by atoms with E-state index in [1.807, 2.05) is 0 Å². The van der Waals surface area contributed by atoms with E-state index in [4.69, 9.17) is 4.74 Å². The number of nitrogens with zero attached hydrogens (tertiary/aromatic N) is 1. The van der Waals surface area contributed by atoms with E-state index in [0.29, 0.717) is 16.3 Å². The van der Waals surface area contributed by atoms with Gasteiger partial charge in [0.25, 0.3) is 11.6 Å². The van der Waals surface area contributed by atoms with Crippen LogP contribution in [0.5, 0.6) is 0 Å². The number of hydrogen-bond donors (Lipinski definition) is 2. The highest BCUT2D eigenvalue weighted by Gasteiger charge is 2.20. The van der Waals surface area contributed by atoms with E-state index in [1.165, 1.54) is 32.0 Å². The average molecular weight is 417 g/mol. The van der Waals surface area contributed by atoms with Crippen LogP contribution in [0.1, 0.15) is 13.8 Å². The zero-order chi connectivity index (χ0) is 21.4. The first-order valence-corrected chi connectivity index (χ1v) is 9.49. The number of nitro groups is 1. The molecule has 0 saturated heterocycles. The molecule has 0 spiro atoms. The third-order valence-corrected chi connectivity index (χ3v) is 4.59. The number of benzene rings is 2. The van der Waals surface area contributed by atoms with E-state index in [2.05, 4.69) is 10.6 Å². The third-order valence-electron chi connectivity index (χ3n) is 3.56. The largest absolute Gasteiger partial charge is 0.452 e. The number of esters is 1. The summed E-state index contributed by atoms with van der Waals surface area (Å²) >= 11 is 0.965. The molecule has 2 amide bonds. The molecule has 0 unspecified atom stereocenters. The molecular weight excluding hydrogens is 398 g/mol. The number of nitro benzene ring substituents is 1. The predicted octanol–water partition coefficient (Wildman–Crippen LogP) is 3.22. The van der Waals surface area contributed by atoms with Gasteiger partial charge in [-0.25, -0.2) is 0 Å². The molecule has 0 heterocycles. The number of carbonyl (C=O) groups is 3. The Kier molecular flexibility index (Phi) is 7.72. The Morgan fingerprint density at radius 2 is 1.66 bits per heavy atom. The summed E-state index contributed by atoms with van der Waals surface area (Å²) in [6.45, 7) is 2.81. The Bertz CT molecular complexity index is 916. The first kappa shape index (κ1) is 21.9. The zero-order valence-corrected chi connectivity index (χ0v) is 16.5. The first-order chi connectivity index (χ1) is 13.8.